The Morgan fingerprint density at radius 3 is 2.86 bits per heavy atom. The third-order valence-electron chi connectivity index (χ3n) is 0.814. The lowest BCUT2D eigenvalue weighted by atomic mass is 10.2. The summed E-state index contributed by atoms with van der Waals surface area (Å²) in [6.45, 7) is 5.63. The molecule has 0 amide bonds. The van der Waals surface area contributed by atoms with Gasteiger partial charge in [-0.05, 0) is 19.3 Å². The average Bonchev–Trinajstić information content (AvgIpc) is 1.69. The van der Waals surface area contributed by atoms with Crippen molar-refractivity contribution < 1.29 is 0 Å². The minimum absolute atomic E-state index is 1.01. The second kappa shape index (κ2) is 5.74. The first-order valence-electron chi connectivity index (χ1n) is 2.73. The van der Waals surface area contributed by atoms with Crippen LogP contribution in [-0.2, 0) is 0 Å². The quantitative estimate of drug-likeness (QED) is 0.471. The van der Waals surface area contributed by atoms with Crippen LogP contribution in [0.2, 0.25) is 0 Å². The van der Waals surface area contributed by atoms with Crippen LogP contribution in [0.4, 0.5) is 0 Å². The zero-order valence-electron chi connectivity index (χ0n) is 4.91. The molecule has 0 saturated heterocycles. The Bertz CT molecular complexity index is 37.3. The molecule has 0 saturated carbocycles. The van der Waals surface area contributed by atoms with Crippen molar-refractivity contribution in [2.75, 3.05) is 0 Å². The Kier molecular flexibility index (Phi) is 5.53. The Morgan fingerprint density at radius 2 is 2.43 bits per heavy atom. The standard InChI is InChI=1S/C7H12/c1-3-5-7-6-4-2/h6H,1,4-5,7H2,2H3. The van der Waals surface area contributed by atoms with Gasteiger partial charge in [0.05, 0.1) is 0 Å². The first kappa shape index (κ1) is 6.74. The summed E-state index contributed by atoms with van der Waals surface area (Å²) in [6, 6.07) is 0. The van der Waals surface area contributed by atoms with Crippen molar-refractivity contribution in [2.45, 2.75) is 26.2 Å². The predicted octanol–water partition coefficient (Wildman–Crippen LogP) is 2.37. The Balaban J connectivity index is 2.56. The molecule has 2 radical (unpaired) electrons. The summed E-state index contributed by atoms with van der Waals surface area (Å²) in [5, 5.41) is 0. The van der Waals surface area contributed by atoms with Gasteiger partial charge < -0.3 is 0 Å². The van der Waals surface area contributed by atoms with Crippen LogP contribution in [0.3, 0.4) is 0 Å². The smallest absolute Gasteiger partial charge is 0.0279 e. The summed E-state index contributed by atoms with van der Waals surface area (Å²) in [4.78, 5) is 0. The van der Waals surface area contributed by atoms with Crippen molar-refractivity contribution in [2.24, 2.45) is 0 Å². The zero-order chi connectivity index (χ0) is 5.54. The summed E-state index contributed by atoms with van der Waals surface area (Å²) in [5.41, 5.74) is 0. The van der Waals surface area contributed by atoms with Crippen LogP contribution >= 0.6 is 0 Å². The van der Waals surface area contributed by atoms with E-state index in [0.717, 1.165) is 12.8 Å². The fourth-order valence-electron chi connectivity index (χ4n) is 0.408. The van der Waals surface area contributed by atoms with E-state index in [-0.39, 0.29) is 0 Å². The normalized spacial score (nSPS) is 8.71. The van der Waals surface area contributed by atoms with Crippen molar-refractivity contribution >= 4 is 0 Å². The third-order valence-corrected chi connectivity index (χ3v) is 0.814. The zero-order valence-corrected chi connectivity index (χ0v) is 4.91. The molecular weight excluding hydrogens is 84.1 g/mol. The fourth-order valence-corrected chi connectivity index (χ4v) is 0.408. The van der Waals surface area contributed by atoms with Crippen LogP contribution in [0.1, 0.15) is 26.2 Å². The summed E-state index contributed by atoms with van der Waals surface area (Å²) in [6.07, 6.45) is 8.37. The Hall–Kier alpha value is -0.260. The molecule has 0 nitrogen and oxygen atoms in total. The van der Waals surface area contributed by atoms with Crippen LogP contribution in [0, 0.1) is 12.5 Å². The largest absolute Gasteiger partial charge is 0.0956 e. The SMILES string of the molecule is C=[C]CC[CH]CC. The molecule has 0 N–H and O–H groups in total. The second-order valence-corrected chi connectivity index (χ2v) is 1.49. The van der Waals surface area contributed by atoms with Gasteiger partial charge in [0.1, 0.15) is 0 Å². The highest BCUT2D eigenvalue weighted by atomic mass is 13.8. The van der Waals surface area contributed by atoms with E-state index in [4.69, 9.17) is 0 Å². The van der Waals surface area contributed by atoms with Crippen molar-refractivity contribution in [3.63, 3.8) is 0 Å². The molecule has 0 unspecified atom stereocenters. The van der Waals surface area contributed by atoms with Crippen molar-refractivity contribution in [3.05, 3.63) is 19.1 Å². The molecule has 0 aromatic heterocycles. The van der Waals surface area contributed by atoms with Crippen LogP contribution in [-0.4, -0.2) is 0 Å². The van der Waals surface area contributed by atoms with Crippen molar-refractivity contribution in [3.8, 4) is 0 Å². The molecule has 0 heteroatoms. The van der Waals surface area contributed by atoms with Gasteiger partial charge in [-0.25, -0.2) is 0 Å². The number of hydrogen-bond donors (Lipinski definition) is 0. The summed E-state index contributed by atoms with van der Waals surface area (Å²) >= 11 is 0. The molecule has 0 aliphatic heterocycles. The predicted molar refractivity (Wildman–Crippen MR) is 32.7 cm³/mol. The number of rotatable bonds is 4. The topological polar surface area (TPSA) is 0 Å². The monoisotopic (exact) mass is 96.1 g/mol. The lowest BCUT2D eigenvalue weighted by Crippen LogP contribution is -1.70. The van der Waals surface area contributed by atoms with Crippen LogP contribution in [0.25, 0.3) is 0 Å². The maximum atomic E-state index is 3.49. The van der Waals surface area contributed by atoms with E-state index in [1.165, 1.54) is 6.42 Å². The lowest BCUT2D eigenvalue weighted by molar-refractivity contribution is 0.891. The first-order chi connectivity index (χ1) is 3.41. The van der Waals surface area contributed by atoms with Crippen LogP contribution < -0.4 is 0 Å². The molecule has 0 aromatic rings. The minimum atomic E-state index is 1.01. The summed E-state index contributed by atoms with van der Waals surface area (Å²) in [7, 11) is 0. The van der Waals surface area contributed by atoms with E-state index in [2.05, 4.69) is 26.0 Å². The van der Waals surface area contributed by atoms with E-state index >= 15 is 0 Å². The molecule has 0 bridgehead atoms. The minimum Gasteiger partial charge on any atom is -0.0956 e. The molecule has 0 aromatic carbocycles. The first-order valence-corrected chi connectivity index (χ1v) is 2.73. The number of allylic oxidation sites excluding steroid dienone is 1. The molecule has 0 rings (SSSR count). The van der Waals surface area contributed by atoms with Crippen LogP contribution in [0.15, 0.2) is 6.58 Å². The van der Waals surface area contributed by atoms with Gasteiger partial charge in [0, 0.05) is 0 Å². The van der Waals surface area contributed by atoms with Gasteiger partial charge in [-0.2, -0.15) is 0 Å². The van der Waals surface area contributed by atoms with E-state index < -0.39 is 0 Å². The van der Waals surface area contributed by atoms with Gasteiger partial charge in [0.25, 0.3) is 0 Å². The number of hydrogen-bond acceptors (Lipinski definition) is 0. The molecule has 7 heavy (non-hydrogen) atoms. The second-order valence-electron chi connectivity index (χ2n) is 1.49. The molecule has 0 spiro atoms. The average molecular weight is 96.2 g/mol. The van der Waals surface area contributed by atoms with Gasteiger partial charge in [0.2, 0.25) is 0 Å². The van der Waals surface area contributed by atoms with Gasteiger partial charge >= 0.3 is 0 Å². The summed E-state index contributed by atoms with van der Waals surface area (Å²) in [5.74, 6) is 0. The van der Waals surface area contributed by atoms with E-state index in [1.807, 2.05) is 0 Å². The molecule has 0 heterocycles. The maximum Gasteiger partial charge on any atom is -0.0279 e. The highest BCUT2D eigenvalue weighted by molar-refractivity contribution is 4.65. The molecule has 40 valence electrons. The summed E-state index contributed by atoms with van der Waals surface area (Å²) < 4.78 is 0. The van der Waals surface area contributed by atoms with Gasteiger partial charge in [-0.1, -0.05) is 26.0 Å². The highest BCUT2D eigenvalue weighted by Gasteiger charge is 1.78. The Morgan fingerprint density at radius 1 is 1.71 bits per heavy atom. The molecular formula is C7H12. The van der Waals surface area contributed by atoms with Gasteiger partial charge in [-0.15, -0.1) is 0 Å². The molecule has 0 fully saturated rings. The van der Waals surface area contributed by atoms with E-state index in [9.17, 15) is 0 Å². The highest BCUT2D eigenvalue weighted by Crippen LogP contribution is 1.95. The van der Waals surface area contributed by atoms with Gasteiger partial charge in [-0.3, -0.25) is 0 Å². The maximum absolute atomic E-state index is 3.49. The molecule has 0 aliphatic carbocycles. The molecule has 0 atom stereocenters. The molecule has 0 aliphatic rings. The Labute approximate surface area is 46.2 Å². The van der Waals surface area contributed by atoms with Crippen molar-refractivity contribution in [1.82, 2.24) is 0 Å². The number of unbranched alkanes of at least 4 members (excludes halogenated alkanes) is 3. The van der Waals surface area contributed by atoms with Gasteiger partial charge in [0.15, 0.2) is 0 Å². The van der Waals surface area contributed by atoms with Crippen molar-refractivity contribution in [1.29, 1.82) is 0 Å². The third kappa shape index (κ3) is 5.74. The fraction of sp³-hybridized carbons (Fsp3) is 0.571. The van der Waals surface area contributed by atoms with E-state index in [0.29, 0.717) is 0 Å². The lowest BCUT2D eigenvalue weighted by Gasteiger charge is -1.86. The van der Waals surface area contributed by atoms with E-state index in [1.54, 1.807) is 0 Å². The van der Waals surface area contributed by atoms with Crippen LogP contribution in [0.5, 0.6) is 0 Å².